The molecule has 0 saturated carbocycles. The molecule has 0 bridgehead atoms. The summed E-state index contributed by atoms with van der Waals surface area (Å²) in [5.74, 6) is 0.0761. The van der Waals surface area contributed by atoms with Crippen molar-refractivity contribution in [2.24, 2.45) is 0 Å². The highest BCUT2D eigenvalue weighted by Gasteiger charge is 2.25. The van der Waals surface area contributed by atoms with Crippen LogP contribution in [0.1, 0.15) is 16.1 Å². The topological polar surface area (TPSA) is 50.6 Å². The van der Waals surface area contributed by atoms with Crippen LogP contribution >= 0.6 is 11.6 Å². The van der Waals surface area contributed by atoms with E-state index in [1.165, 1.54) is 5.56 Å². The number of piperazine rings is 1. The van der Waals surface area contributed by atoms with Crippen molar-refractivity contribution in [3.8, 4) is 0 Å². The number of amides is 1. The van der Waals surface area contributed by atoms with Crippen LogP contribution in [0.25, 0.3) is 10.9 Å². The molecule has 3 heterocycles. The van der Waals surface area contributed by atoms with Crippen molar-refractivity contribution >= 4 is 28.4 Å². The maximum Gasteiger partial charge on any atom is 0.270 e. The number of benzene rings is 1. The van der Waals surface area contributed by atoms with Crippen LogP contribution < -0.4 is 0 Å². The predicted molar refractivity (Wildman–Crippen MR) is 119 cm³/mol. The summed E-state index contributed by atoms with van der Waals surface area (Å²) in [6.07, 6.45) is 4.67. The van der Waals surface area contributed by atoms with Crippen LogP contribution in [0, 0.1) is 0 Å². The van der Waals surface area contributed by atoms with Gasteiger partial charge in [0, 0.05) is 74.7 Å². The number of nitrogens with zero attached hydrogens (tertiary/aromatic N) is 4. The fraction of sp³-hybridized carbons (Fsp3) is 0.391. The van der Waals surface area contributed by atoms with Crippen LogP contribution in [0.4, 0.5) is 0 Å². The summed E-state index contributed by atoms with van der Waals surface area (Å²) in [6.45, 7) is 5.44. The Kier molecular flexibility index (Phi) is 6.67. The Morgan fingerprint density at radius 3 is 2.57 bits per heavy atom. The summed E-state index contributed by atoms with van der Waals surface area (Å²) < 4.78 is 7.31. The van der Waals surface area contributed by atoms with Crippen molar-refractivity contribution < 1.29 is 9.53 Å². The molecule has 1 aromatic carbocycles. The number of fused-ring (bicyclic) bond motifs is 1. The van der Waals surface area contributed by atoms with Crippen molar-refractivity contribution in [1.29, 1.82) is 0 Å². The van der Waals surface area contributed by atoms with Crippen molar-refractivity contribution in [2.45, 2.75) is 13.0 Å². The van der Waals surface area contributed by atoms with Crippen LogP contribution in [-0.4, -0.2) is 71.7 Å². The number of halogens is 1. The zero-order chi connectivity index (χ0) is 20.9. The first kappa shape index (κ1) is 20.8. The Labute approximate surface area is 182 Å². The molecule has 3 aromatic rings. The van der Waals surface area contributed by atoms with Gasteiger partial charge in [-0.1, -0.05) is 11.6 Å². The SMILES string of the molecule is COCCn1c(C(=O)N2CCN(CCc3ccncc3)CC2)cc2cc(Cl)ccc21. The molecule has 6 nitrogen and oxygen atoms in total. The molecule has 1 aliphatic heterocycles. The van der Waals surface area contributed by atoms with Gasteiger partial charge < -0.3 is 14.2 Å². The van der Waals surface area contributed by atoms with Gasteiger partial charge in [0.05, 0.1) is 6.61 Å². The Hall–Kier alpha value is -2.41. The zero-order valence-electron chi connectivity index (χ0n) is 17.3. The van der Waals surface area contributed by atoms with E-state index in [2.05, 4.69) is 22.0 Å². The van der Waals surface area contributed by atoms with Crippen LogP contribution in [0.5, 0.6) is 0 Å². The summed E-state index contributed by atoms with van der Waals surface area (Å²) in [6, 6.07) is 11.8. The Morgan fingerprint density at radius 1 is 1.07 bits per heavy atom. The van der Waals surface area contributed by atoms with Gasteiger partial charge >= 0.3 is 0 Å². The summed E-state index contributed by atoms with van der Waals surface area (Å²) >= 11 is 6.16. The molecule has 2 aromatic heterocycles. The molecule has 0 atom stereocenters. The molecule has 1 amide bonds. The number of ether oxygens (including phenoxy) is 1. The Bertz CT molecular complexity index is 997. The fourth-order valence-corrected chi connectivity index (χ4v) is 4.20. The van der Waals surface area contributed by atoms with Crippen molar-refractivity contribution in [3.63, 3.8) is 0 Å². The molecule has 0 radical (unpaired) electrons. The highest BCUT2D eigenvalue weighted by Crippen LogP contribution is 2.25. The molecule has 4 rings (SSSR count). The van der Waals surface area contributed by atoms with Crippen LogP contribution in [0.3, 0.4) is 0 Å². The molecule has 1 saturated heterocycles. The van der Waals surface area contributed by atoms with Crippen molar-refractivity contribution in [3.05, 3.63) is 65.1 Å². The van der Waals surface area contributed by atoms with Crippen molar-refractivity contribution in [1.82, 2.24) is 19.4 Å². The van der Waals surface area contributed by atoms with Gasteiger partial charge in [0.2, 0.25) is 0 Å². The Balaban J connectivity index is 1.43. The van der Waals surface area contributed by atoms with E-state index in [-0.39, 0.29) is 5.91 Å². The first-order valence-electron chi connectivity index (χ1n) is 10.3. The minimum atomic E-state index is 0.0761. The molecule has 1 fully saturated rings. The van der Waals surface area contributed by atoms with E-state index in [0.717, 1.165) is 50.0 Å². The van der Waals surface area contributed by atoms with E-state index < -0.39 is 0 Å². The number of rotatable bonds is 7. The smallest absolute Gasteiger partial charge is 0.270 e. The zero-order valence-corrected chi connectivity index (χ0v) is 18.0. The van der Waals surface area contributed by atoms with E-state index in [4.69, 9.17) is 16.3 Å². The van der Waals surface area contributed by atoms with E-state index >= 15 is 0 Å². The first-order valence-corrected chi connectivity index (χ1v) is 10.7. The number of carbonyl (C=O) groups is 1. The third-order valence-corrected chi connectivity index (χ3v) is 5.96. The van der Waals surface area contributed by atoms with Gasteiger partial charge in [-0.3, -0.25) is 14.7 Å². The number of pyridine rings is 1. The molecular weight excluding hydrogens is 400 g/mol. The highest BCUT2D eigenvalue weighted by atomic mass is 35.5. The average molecular weight is 427 g/mol. The average Bonchev–Trinajstić information content (AvgIpc) is 3.14. The second-order valence-corrected chi connectivity index (χ2v) is 8.05. The number of methoxy groups -OCH3 is 1. The molecule has 30 heavy (non-hydrogen) atoms. The van der Waals surface area contributed by atoms with E-state index in [0.29, 0.717) is 23.9 Å². The third-order valence-electron chi connectivity index (χ3n) is 5.73. The van der Waals surface area contributed by atoms with Gasteiger partial charge in [-0.15, -0.1) is 0 Å². The van der Waals surface area contributed by atoms with Gasteiger partial charge in [-0.25, -0.2) is 0 Å². The maximum atomic E-state index is 13.3. The molecular formula is C23H27ClN4O2. The predicted octanol–water partition coefficient (Wildman–Crippen LogP) is 3.34. The lowest BCUT2D eigenvalue weighted by atomic mass is 10.2. The summed E-state index contributed by atoms with van der Waals surface area (Å²) in [4.78, 5) is 21.8. The minimum Gasteiger partial charge on any atom is -0.383 e. The number of aromatic nitrogens is 2. The molecule has 158 valence electrons. The quantitative estimate of drug-likeness (QED) is 0.581. The lowest BCUT2D eigenvalue weighted by molar-refractivity contribution is 0.0626. The summed E-state index contributed by atoms with van der Waals surface area (Å²) in [5.41, 5.74) is 3.01. The molecule has 0 N–H and O–H groups in total. The molecule has 0 aliphatic carbocycles. The van der Waals surface area contributed by atoms with E-state index in [9.17, 15) is 4.79 Å². The minimum absolute atomic E-state index is 0.0761. The van der Waals surface area contributed by atoms with Crippen molar-refractivity contribution in [2.75, 3.05) is 46.4 Å². The van der Waals surface area contributed by atoms with E-state index in [1.54, 1.807) is 7.11 Å². The van der Waals surface area contributed by atoms with E-state index in [1.807, 2.05) is 46.1 Å². The van der Waals surface area contributed by atoms with Gasteiger partial charge in [0.25, 0.3) is 5.91 Å². The molecule has 0 spiro atoms. The third kappa shape index (κ3) is 4.67. The second kappa shape index (κ2) is 9.60. The number of hydrogen-bond donors (Lipinski definition) is 0. The molecule has 7 heteroatoms. The van der Waals surface area contributed by atoms with Crippen LogP contribution in [0.2, 0.25) is 5.02 Å². The lowest BCUT2D eigenvalue weighted by Gasteiger charge is -2.35. The van der Waals surface area contributed by atoms with Gasteiger partial charge in [0.1, 0.15) is 5.69 Å². The second-order valence-electron chi connectivity index (χ2n) is 7.62. The highest BCUT2D eigenvalue weighted by molar-refractivity contribution is 6.31. The summed E-state index contributed by atoms with van der Waals surface area (Å²) in [5, 5.41) is 1.66. The number of hydrogen-bond acceptors (Lipinski definition) is 4. The fourth-order valence-electron chi connectivity index (χ4n) is 4.02. The maximum absolute atomic E-state index is 13.3. The standard InChI is InChI=1S/C23H27ClN4O2/c1-30-15-14-28-21-3-2-20(24)16-19(21)17-22(28)23(29)27-12-10-26(11-13-27)9-6-18-4-7-25-8-5-18/h2-5,7-8,16-17H,6,9-15H2,1H3. The van der Waals surface area contributed by atoms with Crippen LogP contribution in [-0.2, 0) is 17.7 Å². The van der Waals surface area contributed by atoms with Gasteiger partial charge in [-0.05, 0) is 48.4 Å². The van der Waals surface area contributed by atoms with Gasteiger partial charge in [0.15, 0.2) is 0 Å². The monoisotopic (exact) mass is 426 g/mol. The van der Waals surface area contributed by atoms with Crippen LogP contribution in [0.15, 0.2) is 48.8 Å². The molecule has 1 aliphatic rings. The summed E-state index contributed by atoms with van der Waals surface area (Å²) in [7, 11) is 1.68. The Morgan fingerprint density at radius 2 is 1.83 bits per heavy atom. The molecule has 0 unspecified atom stereocenters. The normalized spacial score (nSPS) is 15.1. The lowest BCUT2D eigenvalue weighted by Crippen LogP contribution is -2.49. The number of carbonyl (C=O) groups excluding carboxylic acids is 1. The van der Waals surface area contributed by atoms with Gasteiger partial charge in [-0.2, -0.15) is 0 Å². The first-order chi connectivity index (χ1) is 14.7. The largest absolute Gasteiger partial charge is 0.383 e.